The maximum atomic E-state index is 11.6. The van der Waals surface area contributed by atoms with Crippen LogP contribution in [0.25, 0.3) is 0 Å². The molecule has 1 heterocycles. The lowest BCUT2D eigenvalue weighted by atomic mass is 9.92. The van der Waals surface area contributed by atoms with Crippen LogP contribution in [0.3, 0.4) is 0 Å². The molecule has 0 unspecified atom stereocenters. The summed E-state index contributed by atoms with van der Waals surface area (Å²) < 4.78 is 0. The minimum absolute atomic E-state index is 0.166. The Bertz CT molecular complexity index is 263. The van der Waals surface area contributed by atoms with Crippen LogP contribution in [-0.2, 0) is 4.79 Å². The first-order valence-corrected chi connectivity index (χ1v) is 6.33. The second kappa shape index (κ2) is 4.72. The first-order chi connectivity index (χ1) is 7.56. The molecule has 4 heteroatoms. The lowest BCUT2D eigenvalue weighted by molar-refractivity contribution is -0.122. The molecule has 0 aromatic rings. The van der Waals surface area contributed by atoms with Crippen LogP contribution in [0.15, 0.2) is 0 Å². The molecule has 2 rings (SSSR count). The second-order valence-electron chi connectivity index (χ2n) is 5.61. The average Bonchev–Trinajstić information content (AvgIpc) is 2.89. The van der Waals surface area contributed by atoms with Crippen molar-refractivity contribution >= 4 is 5.91 Å². The number of hydrogen-bond acceptors (Lipinski definition) is 3. The number of nitrogens with one attached hydrogen (secondary N) is 1. The molecule has 1 saturated heterocycles. The van der Waals surface area contributed by atoms with Gasteiger partial charge in [0.1, 0.15) is 0 Å². The average molecular weight is 225 g/mol. The van der Waals surface area contributed by atoms with Crippen LogP contribution in [0.2, 0.25) is 0 Å². The number of carbonyl (C=O) groups is 1. The van der Waals surface area contributed by atoms with Gasteiger partial charge in [-0.2, -0.15) is 0 Å². The number of likely N-dealkylation sites (tertiary alicyclic amines) is 1. The monoisotopic (exact) mass is 225 g/mol. The summed E-state index contributed by atoms with van der Waals surface area (Å²) in [6, 6.07) is 0.693. The highest BCUT2D eigenvalue weighted by molar-refractivity contribution is 5.78. The summed E-state index contributed by atoms with van der Waals surface area (Å²) in [4.78, 5) is 13.8. The Kier molecular flexibility index (Phi) is 3.50. The van der Waals surface area contributed by atoms with Crippen molar-refractivity contribution in [3.8, 4) is 0 Å². The molecule has 1 amide bonds. The largest absolute Gasteiger partial charge is 0.352 e. The summed E-state index contributed by atoms with van der Waals surface area (Å²) in [5, 5.41) is 3.02. The van der Waals surface area contributed by atoms with Crippen molar-refractivity contribution in [3.63, 3.8) is 0 Å². The lowest BCUT2D eigenvalue weighted by Crippen LogP contribution is -2.38. The molecule has 2 fully saturated rings. The number of hydrogen-bond donors (Lipinski definition) is 2. The molecule has 2 aliphatic rings. The smallest absolute Gasteiger partial charge is 0.234 e. The van der Waals surface area contributed by atoms with E-state index in [1.165, 1.54) is 0 Å². The highest BCUT2D eigenvalue weighted by Gasteiger charge is 2.33. The van der Waals surface area contributed by atoms with Gasteiger partial charge in [-0.25, -0.2) is 0 Å². The van der Waals surface area contributed by atoms with E-state index >= 15 is 0 Å². The molecule has 0 aromatic heterocycles. The molecule has 1 saturated carbocycles. The fourth-order valence-electron chi connectivity index (χ4n) is 2.48. The predicted molar refractivity (Wildman–Crippen MR) is 63.9 cm³/mol. The molecule has 0 aromatic carbocycles. The van der Waals surface area contributed by atoms with Gasteiger partial charge in [-0.1, -0.05) is 13.8 Å². The fraction of sp³-hybridized carbons (Fsp3) is 0.917. The van der Waals surface area contributed by atoms with E-state index in [2.05, 4.69) is 24.1 Å². The van der Waals surface area contributed by atoms with Crippen LogP contribution < -0.4 is 11.1 Å². The van der Waals surface area contributed by atoms with Gasteiger partial charge in [0.2, 0.25) is 5.91 Å². The van der Waals surface area contributed by atoms with E-state index in [1.807, 2.05) is 0 Å². The van der Waals surface area contributed by atoms with Crippen molar-refractivity contribution in [3.05, 3.63) is 0 Å². The Morgan fingerprint density at radius 1 is 1.44 bits per heavy atom. The van der Waals surface area contributed by atoms with Crippen LogP contribution in [0.4, 0.5) is 0 Å². The van der Waals surface area contributed by atoms with E-state index in [4.69, 9.17) is 5.73 Å². The summed E-state index contributed by atoms with van der Waals surface area (Å²) in [5.41, 5.74) is 6.09. The molecule has 2 atom stereocenters. The van der Waals surface area contributed by atoms with Crippen LogP contribution >= 0.6 is 0 Å². The van der Waals surface area contributed by atoms with Gasteiger partial charge in [0, 0.05) is 25.2 Å². The molecule has 4 nitrogen and oxygen atoms in total. The molecule has 92 valence electrons. The van der Waals surface area contributed by atoms with Crippen LogP contribution in [0.5, 0.6) is 0 Å². The zero-order valence-corrected chi connectivity index (χ0v) is 10.3. The molecule has 16 heavy (non-hydrogen) atoms. The molecular weight excluding hydrogens is 202 g/mol. The van der Waals surface area contributed by atoms with Gasteiger partial charge in [0.05, 0.1) is 6.54 Å². The quantitative estimate of drug-likeness (QED) is 0.717. The normalized spacial score (nSPS) is 31.0. The van der Waals surface area contributed by atoms with Crippen LogP contribution in [0, 0.1) is 11.8 Å². The maximum absolute atomic E-state index is 11.6. The zero-order valence-electron chi connectivity index (χ0n) is 10.3. The van der Waals surface area contributed by atoms with Gasteiger partial charge in [0.15, 0.2) is 0 Å². The first-order valence-electron chi connectivity index (χ1n) is 6.33. The van der Waals surface area contributed by atoms with E-state index in [9.17, 15) is 4.79 Å². The lowest BCUT2D eigenvalue weighted by Gasteiger charge is -2.18. The van der Waals surface area contributed by atoms with Gasteiger partial charge >= 0.3 is 0 Å². The Morgan fingerprint density at radius 3 is 2.62 bits per heavy atom. The van der Waals surface area contributed by atoms with Crippen molar-refractivity contribution in [1.29, 1.82) is 0 Å². The Balaban J connectivity index is 1.76. The molecule has 1 aliphatic carbocycles. The minimum atomic E-state index is 0.166. The highest BCUT2D eigenvalue weighted by atomic mass is 16.2. The Morgan fingerprint density at radius 2 is 2.12 bits per heavy atom. The van der Waals surface area contributed by atoms with E-state index in [-0.39, 0.29) is 11.9 Å². The van der Waals surface area contributed by atoms with Gasteiger partial charge in [-0.05, 0) is 24.7 Å². The maximum Gasteiger partial charge on any atom is 0.234 e. The number of rotatable bonds is 4. The Hall–Kier alpha value is -0.610. The molecule has 1 aliphatic heterocycles. The van der Waals surface area contributed by atoms with Crippen molar-refractivity contribution in [2.45, 2.75) is 38.8 Å². The third-order valence-electron chi connectivity index (χ3n) is 3.65. The molecule has 3 N–H and O–H groups in total. The van der Waals surface area contributed by atoms with E-state index in [0.717, 1.165) is 25.9 Å². The summed E-state index contributed by atoms with van der Waals surface area (Å²) in [6.07, 6.45) is 2.31. The summed E-state index contributed by atoms with van der Waals surface area (Å²) in [5.74, 6) is 1.30. The predicted octanol–water partition coefficient (Wildman–Crippen LogP) is 0.180. The second-order valence-corrected chi connectivity index (χ2v) is 5.61. The zero-order chi connectivity index (χ0) is 11.7. The van der Waals surface area contributed by atoms with Crippen LogP contribution in [-0.4, -0.2) is 42.5 Å². The van der Waals surface area contributed by atoms with Gasteiger partial charge < -0.3 is 11.1 Å². The van der Waals surface area contributed by atoms with E-state index in [1.54, 1.807) is 0 Å². The molecule has 0 spiro atoms. The standard InChI is InChI=1S/C12H23N3O/c1-8(2)10-5-15(6-11(10)13)7-12(16)14-9-3-4-9/h8-11H,3-7,13H2,1-2H3,(H,14,16)/t10-,11+/m0/s1. The van der Waals surface area contributed by atoms with E-state index in [0.29, 0.717) is 24.4 Å². The van der Waals surface area contributed by atoms with Gasteiger partial charge in [-0.15, -0.1) is 0 Å². The molecule has 0 radical (unpaired) electrons. The summed E-state index contributed by atoms with van der Waals surface area (Å²) in [6.45, 7) is 6.77. The third kappa shape index (κ3) is 2.95. The number of carbonyl (C=O) groups excluding carboxylic acids is 1. The highest BCUT2D eigenvalue weighted by Crippen LogP contribution is 2.23. The van der Waals surface area contributed by atoms with Crippen molar-refractivity contribution in [2.24, 2.45) is 17.6 Å². The number of amides is 1. The van der Waals surface area contributed by atoms with Crippen LogP contribution in [0.1, 0.15) is 26.7 Å². The minimum Gasteiger partial charge on any atom is -0.352 e. The van der Waals surface area contributed by atoms with Crippen molar-refractivity contribution in [2.75, 3.05) is 19.6 Å². The molecular formula is C12H23N3O. The van der Waals surface area contributed by atoms with Gasteiger partial charge in [-0.3, -0.25) is 9.69 Å². The number of nitrogens with two attached hydrogens (primary N) is 1. The van der Waals surface area contributed by atoms with Gasteiger partial charge in [0.25, 0.3) is 0 Å². The Labute approximate surface area is 97.6 Å². The first kappa shape index (κ1) is 11.9. The van der Waals surface area contributed by atoms with Crippen molar-refractivity contribution in [1.82, 2.24) is 10.2 Å². The SMILES string of the molecule is CC(C)[C@@H]1CN(CC(=O)NC2CC2)C[C@H]1N. The van der Waals surface area contributed by atoms with Crippen molar-refractivity contribution < 1.29 is 4.79 Å². The number of nitrogens with zero attached hydrogens (tertiary/aromatic N) is 1. The molecule has 0 bridgehead atoms. The summed E-state index contributed by atoms with van der Waals surface area (Å²) in [7, 11) is 0. The third-order valence-corrected chi connectivity index (χ3v) is 3.65. The van der Waals surface area contributed by atoms with E-state index < -0.39 is 0 Å². The topological polar surface area (TPSA) is 58.4 Å². The summed E-state index contributed by atoms with van der Waals surface area (Å²) >= 11 is 0. The fourth-order valence-corrected chi connectivity index (χ4v) is 2.48.